The number of para-hydroxylation sites is 1. The number of nitrogens with one attached hydrogen (secondary N) is 1. The Morgan fingerprint density at radius 2 is 2.24 bits per heavy atom. The van der Waals surface area contributed by atoms with Crippen molar-refractivity contribution >= 4 is 11.0 Å². The van der Waals surface area contributed by atoms with Crippen LogP contribution >= 0.6 is 0 Å². The van der Waals surface area contributed by atoms with E-state index in [1.165, 1.54) is 12.5 Å². The van der Waals surface area contributed by atoms with Gasteiger partial charge in [0.1, 0.15) is 5.76 Å². The van der Waals surface area contributed by atoms with Crippen LogP contribution in [0.2, 0.25) is 0 Å². The molecule has 2 atom stereocenters. The zero-order valence-electron chi connectivity index (χ0n) is 9.87. The fourth-order valence-corrected chi connectivity index (χ4v) is 2.75. The van der Waals surface area contributed by atoms with E-state index < -0.39 is 0 Å². The van der Waals surface area contributed by atoms with Gasteiger partial charge in [-0.15, -0.1) is 0 Å². The number of fused-ring (bicyclic) bond motifs is 1. The second kappa shape index (κ2) is 4.15. The predicted octanol–water partition coefficient (Wildman–Crippen LogP) is 3.43. The van der Waals surface area contributed by atoms with Crippen molar-refractivity contribution in [3.8, 4) is 0 Å². The van der Waals surface area contributed by atoms with E-state index in [1.807, 2.05) is 19.2 Å². The van der Waals surface area contributed by atoms with Crippen LogP contribution in [0.1, 0.15) is 30.9 Å². The second-order valence-corrected chi connectivity index (χ2v) is 4.80. The quantitative estimate of drug-likeness (QED) is 0.859. The van der Waals surface area contributed by atoms with Crippen molar-refractivity contribution in [1.29, 1.82) is 0 Å². The molecule has 1 heterocycles. The molecule has 1 aromatic heterocycles. The highest BCUT2D eigenvalue weighted by Crippen LogP contribution is 2.37. The van der Waals surface area contributed by atoms with Gasteiger partial charge in [0.15, 0.2) is 11.4 Å². The molecule has 3 heteroatoms. The topological polar surface area (TPSA) is 25.2 Å². The van der Waals surface area contributed by atoms with Gasteiger partial charge in [-0.1, -0.05) is 12.1 Å². The summed E-state index contributed by atoms with van der Waals surface area (Å²) in [5.41, 5.74) is 0.399. The first-order chi connectivity index (χ1) is 8.28. The fraction of sp³-hybridized carbons (Fsp3) is 0.429. The number of hydrogen-bond acceptors (Lipinski definition) is 2. The third-order valence-electron chi connectivity index (χ3n) is 3.76. The van der Waals surface area contributed by atoms with Crippen LogP contribution in [0.3, 0.4) is 0 Å². The van der Waals surface area contributed by atoms with E-state index >= 15 is 0 Å². The monoisotopic (exact) mass is 233 g/mol. The normalized spacial score (nSPS) is 24.6. The van der Waals surface area contributed by atoms with Crippen LogP contribution in [-0.4, -0.2) is 13.1 Å². The second-order valence-electron chi connectivity index (χ2n) is 4.80. The number of benzene rings is 1. The number of halogens is 1. The molecule has 1 aliphatic rings. The van der Waals surface area contributed by atoms with E-state index in [0.717, 1.165) is 24.0 Å². The minimum atomic E-state index is -0.267. The first kappa shape index (κ1) is 10.8. The fourth-order valence-electron chi connectivity index (χ4n) is 2.75. The largest absolute Gasteiger partial charge is 0.458 e. The summed E-state index contributed by atoms with van der Waals surface area (Å²) < 4.78 is 19.2. The molecule has 17 heavy (non-hydrogen) atoms. The van der Waals surface area contributed by atoms with Crippen molar-refractivity contribution in [2.24, 2.45) is 0 Å². The lowest BCUT2D eigenvalue weighted by Gasteiger charge is -2.07. The average molecular weight is 233 g/mol. The molecule has 0 bridgehead atoms. The third-order valence-corrected chi connectivity index (χ3v) is 3.76. The summed E-state index contributed by atoms with van der Waals surface area (Å²) in [6.45, 7) is 0. The molecule has 2 unspecified atom stereocenters. The Morgan fingerprint density at radius 3 is 2.94 bits per heavy atom. The van der Waals surface area contributed by atoms with Gasteiger partial charge in [0.05, 0.1) is 0 Å². The van der Waals surface area contributed by atoms with Gasteiger partial charge in [-0.05, 0) is 38.4 Å². The standard InChI is InChI=1S/C14H16FNO/c1-16-11-6-5-9(7-11)13-8-10-3-2-4-12(15)14(10)17-13/h2-4,8-9,11,16H,5-7H2,1H3. The first-order valence-corrected chi connectivity index (χ1v) is 6.13. The number of rotatable bonds is 2. The molecular formula is C14H16FNO. The highest BCUT2D eigenvalue weighted by molar-refractivity contribution is 5.78. The van der Waals surface area contributed by atoms with Crippen LogP contribution < -0.4 is 5.32 Å². The number of furan rings is 1. The van der Waals surface area contributed by atoms with Gasteiger partial charge in [-0.25, -0.2) is 4.39 Å². The van der Waals surface area contributed by atoms with Gasteiger partial charge in [-0.2, -0.15) is 0 Å². The average Bonchev–Trinajstić information content (AvgIpc) is 2.95. The maximum atomic E-state index is 13.5. The van der Waals surface area contributed by atoms with Gasteiger partial charge in [0.25, 0.3) is 0 Å². The molecule has 0 radical (unpaired) electrons. The smallest absolute Gasteiger partial charge is 0.169 e. The summed E-state index contributed by atoms with van der Waals surface area (Å²) in [6, 6.07) is 7.62. The summed E-state index contributed by atoms with van der Waals surface area (Å²) in [6.07, 6.45) is 3.37. The van der Waals surface area contributed by atoms with Crippen LogP contribution in [-0.2, 0) is 0 Å². The summed E-state index contributed by atoms with van der Waals surface area (Å²) in [4.78, 5) is 0. The van der Waals surface area contributed by atoms with Crippen molar-refractivity contribution in [1.82, 2.24) is 5.32 Å². The Bertz CT molecular complexity index is 534. The van der Waals surface area contributed by atoms with Crippen LogP contribution in [0.4, 0.5) is 4.39 Å². The van der Waals surface area contributed by atoms with Gasteiger partial charge >= 0.3 is 0 Å². The molecule has 1 aliphatic carbocycles. The first-order valence-electron chi connectivity index (χ1n) is 6.13. The predicted molar refractivity (Wildman–Crippen MR) is 65.6 cm³/mol. The maximum Gasteiger partial charge on any atom is 0.169 e. The van der Waals surface area contributed by atoms with E-state index in [4.69, 9.17) is 4.42 Å². The van der Waals surface area contributed by atoms with E-state index in [9.17, 15) is 4.39 Å². The van der Waals surface area contributed by atoms with E-state index in [0.29, 0.717) is 17.5 Å². The molecule has 0 spiro atoms. The van der Waals surface area contributed by atoms with Crippen molar-refractivity contribution in [3.63, 3.8) is 0 Å². The molecule has 0 aliphatic heterocycles. The minimum Gasteiger partial charge on any atom is -0.458 e. The molecule has 0 saturated heterocycles. The molecule has 0 amide bonds. The molecule has 2 nitrogen and oxygen atoms in total. The maximum absolute atomic E-state index is 13.5. The Morgan fingerprint density at radius 1 is 1.35 bits per heavy atom. The van der Waals surface area contributed by atoms with Gasteiger partial charge < -0.3 is 9.73 Å². The van der Waals surface area contributed by atoms with E-state index in [1.54, 1.807) is 6.07 Å². The zero-order valence-corrected chi connectivity index (χ0v) is 9.87. The van der Waals surface area contributed by atoms with Crippen LogP contribution in [0.25, 0.3) is 11.0 Å². The van der Waals surface area contributed by atoms with Crippen LogP contribution in [0.15, 0.2) is 28.7 Å². The Kier molecular flexibility index (Phi) is 2.63. The highest BCUT2D eigenvalue weighted by atomic mass is 19.1. The summed E-state index contributed by atoms with van der Waals surface area (Å²) >= 11 is 0. The lowest BCUT2D eigenvalue weighted by molar-refractivity contribution is 0.470. The third kappa shape index (κ3) is 1.84. The molecule has 2 aromatic rings. The van der Waals surface area contributed by atoms with E-state index in [2.05, 4.69) is 5.32 Å². The van der Waals surface area contributed by atoms with E-state index in [-0.39, 0.29) is 5.82 Å². The molecule has 1 aromatic carbocycles. The lowest BCUT2D eigenvalue weighted by Crippen LogP contribution is -2.20. The molecule has 1 fully saturated rings. The summed E-state index contributed by atoms with van der Waals surface area (Å²) in [5, 5.41) is 4.16. The SMILES string of the molecule is CNC1CCC(c2cc3cccc(F)c3o2)C1. The van der Waals surface area contributed by atoms with Crippen molar-refractivity contribution in [3.05, 3.63) is 35.8 Å². The van der Waals surface area contributed by atoms with Gasteiger partial charge in [0, 0.05) is 17.3 Å². The molecule has 3 rings (SSSR count). The van der Waals surface area contributed by atoms with Gasteiger partial charge in [0.2, 0.25) is 0 Å². The summed E-state index contributed by atoms with van der Waals surface area (Å²) in [7, 11) is 1.99. The van der Waals surface area contributed by atoms with Crippen molar-refractivity contribution < 1.29 is 8.81 Å². The van der Waals surface area contributed by atoms with Crippen LogP contribution in [0.5, 0.6) is 0 Å². The molecular weight excluding hydrogens is 217 g/mol. The Labute approximate surface area is 99.8 Å². The summed E-state index contributed by atoms with van der Waals surface area (Å²) in [5.74, 6) is 1.10. The number of hydrogen-bond donors (Lipinski definition) is 1. The van der Waals surface area contributed by atoms with Crippen LogP contribution in [0, 0.1) is 5.82 Å². The lowest BCUT2D eigenvalue weighted by atomic mass is 10.0. The van der Waals surface area contributed by atoms with Crippen molar-refractivity contribution in [2.75, 3.05) is 7.05 Å². The van der Waals surface area contributed by atoms with Crippen molar-refractivity contribution in [2.45, 2.75) is 31.2 Å². The molecule has 90 valence electrons. The Balaban J connectivity index is 1.94. The minimum absolute atomic E-state index is 0.267. The Hall–Kier alpha value is -1.35. The molecule has 1 saturated carbocycles. The zero-order chi connectivity index (χ0) is 11.8. The van der Waals surface area contributed by atoms with Gasteiger partial charge in [-0.3, -0.25) is 0 Å². The highest BCUT2D eigenvalue weighted by Gasteiger charge is 2.27. The molecule has 1 N–H and O–H groups in total.